The van der Waals surface area contributed by atoms with E-state index in [1.54, 1.807) is 0 Å². The zero-order chi connectivity index (χ0) is 16.4. The largest absolute Gasteiger partial charge is 0.353 e. The molecule has 0 aromatic rings. The molecule has 3 fully saturated rings. The highest BCUT2D eigenvalue weighted by atomic mass is 35.5. The van der Waals surface area contributed by atoms with E-state index in [1.807, 2.05) is 0 Å². The number of hydrogen-bond donors (Lipinski definition) is 3. The SMILES string of the molecule is Cl.NC1CCC(NC(=O)CCN2C(=O)NC3(CCCC3)C2=O)CC1. The first kappa shape index (κ1) is 19.0. The molecule has 1 spiro atoms. The third kappa shape index (κ3) is 3.83. The first-order valence-corrected chi connectivity index (χ1v) is 8.69. The fraction of sp³-hybridized carbons (Fsp3) is 0.812. The summed E-state index contributed by atoms with van der Waals surface area (Å²) in [5.74, 6) is -0.255. The molecule has 24 heavy (non-hydrogen) atoms. The van der Waals surface area contributed by atoms with Crippen LogP contribution in [0.3, 0.4) is 0 Å². The number of nitrogens with two attached hydrogens (primary N) is 1. The number of carbonyl (C=O) groups is 3. The lowest BCUT2D eigenvalue weighted by atomic mass is 9.92. The molecule has 4 N–H and O–H groups in total. The molecule has 0 aromatic heterocycles. The average Bonchev–Trinajstić information content (AvgIpc) is 3.07. The van der Waals surface area contributed by atoms with Crippen LogP contribution in [0.15, 0.2) is 0 Å². The van der Waals surface area contributed by atoms with E-state index in [1.165, 1.54) is 4.90 Å². The van der Waals surface area contributed by atoms with Crippen LogP contribution in [-0.4, -0.2) is 46.9 Å². The molecule has 0 unspecified atom stereocenters. The Bertz CT molecular complexity index is 500. The van der Waals surface area contributed by atoms with Gasteiger partial charge in [0.15, 0.2) is 0 Å². The molecular formula is C16H27ClN4O3. The van der Waals surface area contributed by atoms with Crippen LogP contribution in [0.4, 0.5) is 4.79 Å². The van der Waals surface area contributed by atoms with Crippen LogP contribution in [0.1, 0.15) is 57.8 Å². The molecule has 0 radical (unpaired) electrons. The molecule has 3 aliphatic rings. The van der Waals surface area contributed by atoms with Gasteiger partial charge >= 0.3 is 6.03 Å². The van der Waals surface area contributed by atoms with Gasteiger partial charge in [-0.25, -0.2) is 4.79 Å². The van der Waals surface area contributed by atoms with E-state index in [2.05, 4.69) is 10.6 Å². The Morgan fingerprint density at radius 2 is 1.83 bits per heavy atom. The predicted molar refractivity (Wildman–Crippen MR) is 91.7 cm³/mol. The maximum Gasteiger partial charge on any atom is 0.325 e. The molecule has 2 saturated carbocycles. The Morgan fingerprint density at radius 1 is 1.21 bits per heavy atom. The fourth-order valence-electron chi connectivity index (χ4n) is 3.97. The van der Waals surface area contributed by atoms with E-state index in [9.17, 15) is 14.4 Å². The number of nitrogens with zero attached hydrogens (tertiary/aromatic N) is 1. The second-order valence-corrected chi connectivity index (χ2v) is 7.11. The van der Waals surface area contributed by atoms with Crippen molar-refractivity contribution in [3.63, 3.8) is 0 Å². The molecular weight excluding hydrogens is 332 g/mol. The summed E-state index contributed by atoms with van der Waals surface area (Å²) < 4.78 is 0. The highest BCUT2D eigenvalue weighted by Gasteiger charge is 2.52. The number of hydrogen-bond acceptors (Lipinski definition) is 4. The summed E-state index contributed by atoms with van der Waals surface area (Å²) in [5, 5.41) is 5.82. The van der Waals surface area contributed by atoms with Crippen molar-refractivity contribution in [1.29, 1.82) is 0 Å². The van der Waals surface area contributed by atoms with Gasteiger partial charge in [-0.1, -0.05) is 12.8 Å². The lowest BCUT2D eigenvalue weighted by molar-refractivity contribution is -0.131. The van der Waals surface area contributed by atoms with Crippen LogP contribution in [0.2, 0.25) is 0 Å². The molecule has 2 aliphatic carbocycles. The number of imide groups is 1. The minimum atomic E-state index is -0.687. The smallest absolute Gasteiger partial charge is 0.325 e. The number of halogens is 1. The number of amides is 4. The molecule has 0 bridgehead atoms. The highest BCUT2D eigenvalue weighted by molar-refractivity contribution is 6.07. The Labute approximate surface area is 148 Å². The summed E-state index contributed by atoms with van der Waals surface area (Å²) >= 11 is 0. The first-order chi connectivity index (χ1) is 11.0. The minimum absolute atomic E-state index is 0. The summed E-state index contributed by atoms with van der Waals surface area (Å²) in [5.41, 5.74) is 5.17. The van der Waals surface area contributed by atoms with E-state index in [4.69, 9.17) is 5.73 Å². The summed E-state index contributed by atoms with van der Waals surface area (Å²) in [6.07, 6.45) is 7.18. The fourth-order valence-corrected chi connectivity index (χ4v) is 3.97. The molecule has 1 aliphatic heterocycles. The van der Waals surface area contributed by atoms with Crippen molar-refractivity contribution in [2.45, 2.75) is 75.4 Å². The van der Waals surface area contributed by atoms with Gasteiger partial charge in [0, 0.05) is 25.0 Å². The normalized spacial score (nSPS) is 28.6. The standard InChI is InChI=1S/C16H26N4O3.ClH/c17-11-3-5-12(6-4-11)18-13(21)7-10-20-14(22)16(19-15(20)23)8-1-2-9-16;/h11-12H,1-10,17H2,(H,18,21)(H,19,23);1H. The number of urea groups is 1. The lowest BCUT2D eigenvalue weighted by Gasteiger charge is -2.27. The lowest BCUT2D eigenvalue weighted by Crippen LogP contribution is -2.44. The highest BCUT2D eigenvalue weighted by Crippen LogP contribution is 2.35. The van der Waals surface area contributed by atoms with Gasteiger partial charge in [-0.3, -0.25) is 14.5 Å². The third-order valence-electron chi connectivity index (χ3n) is 5.40. The second-order valence-electron chi connectivity index (χ2n) is 7.11. The summed E-state index contributed by atoms with van der Waals surface area (Å²) in [4.78, 5) is 37.8. The monoisotopic (exact) mass is 358 g/mol. The van der Waals surface area contributed by atoms with Crippen molar-refractivity contribution in [3.8, 4) is 0 Å². The van der Waals surface area contributed by atoms with E-state index in [0.29, 0.717) is 12.8 Å². The molecule has 7 nitrogen and oxygen atoms in total. The molecule has 1 saturated heterocycles. The van der Waals surface area contributed by atoms with Crippen molar-refractivity contribution < 1.29 is 14.4 Å². The van der Waals surface area contributed by atoms with Crippen molar-refractivity contribution in [1.82, 2.24) is 15.5 Å². The van der Waals surface area contributed by atoms with Crippen LogP contribution in [0, 0.1) is 0 Å². The number of nitrogens with one attached hydrogen (secondary N) is 2. The zero-order valence-electron chi connectivity index (χ0n) is 13.9. The van der Waals surface area contributed by atoms with Crippen molar-refractivity contribution >= 4 is 30.3 Å². The van der Waals surface area contributed by atoms with Gasteiger partial charge in [-0.15, -0.1) is 12.4 Å². The van der Waals surface area contributed by atoms with Gasteiger partial charge < -0.3 is 16.4 Å². The number of carbonyl (C=O) groups excluding carboxylic acids is 3. The maximum atomic E-state index is 12.5. The molecule has 3 rings (SSSR count). The predicted octanol–water partition coefficient (Wildman–Crippen LogP) is 1.05. The third-order valence-corrected chi connectivity index (χ3v) is 5.40. The van der Waals surface area contributed by atoms with Gasteiger partial charge in [0.05, 0.1) is 0 Å². The molecule has 0 aromatic carbocycles. The Morgan fingerprint density at radius 3 is 2.46 bits per heavy atom. The van der Waals surface area contributed by atoms with Crippen LogP contribution >= 0.6 is 12.4 Å². The molecule has 8 heteroatoms. The summed E-state index contributed by atoms with van der Waals surface area (Å²) in [6, 6.07) is 0.0663. The van der Waals surface area contributed by atoms with Gasteiger partial charge in [0.1, 0.15) is 5.54 Å². The topological polar surface area (TPSA) is 105 Å². The summed E-state index contributed by atoms with van der Waals surface area (Å²) in [7, 11) is 0. The average molecular weight is 359 g/mol. The maximum absolute atomic E-state index is 12.5. The van der Waals surface area contributed by atoms with Gasteiger partial charge in [-0.2, -0.15) is 0 Å². The van der Waals surface area contributed by atoms with Crippen LogP contribution in [0.5, 0.6) is 0 Å². The minimum Gasteiger partial charge on any atom is -0.353 e. The van der Waals surface area contributed by atoms with Crippen LogP contribution in [0.25, 0.3) is 0 Å². The van der Waals surface area contributed by atoms with E-state index in [-0.39, 0.29) is 55.3 Å². The Kier molecular flexibility index (Phi) is 6.09. The van der Waals surface area contributed by atoms with E-state index >= 15 is 0 Å². The zero-order valence-corrected chi connectivity index (χ0v) is 14.7. The first-order valence-electron chi connectivity index (χ1n) is 8.69. The summed E-state index contributed by atoms with van der Waals surface area (Å²) in [6.45, 7) is 0.157. The van der Waals surface area contributed by atoms with E-state index in [0.717, 1.165) is 38.5 Å². The quantitative estimate of drug-likeness (QED) is 0.653. The molecule has 1 heterocycles. The van der Waals surface area contributed by atoms with Gasteiger partial charge in [0.2, 0.25) is 5.91 Å². The van der Waals surface area contributed by atoms with Crippen LogP contribution in [-0.2, 0) is 9.59 Å². The molecule has 0 atom stereocenters. The van der Waals surface area contributed by atoms with E-state index < -0.39 is 5.54 Å². The van der Waals surface area contributed by atoms with Crippen molar-refractivity contribution in [3.05, 3.63) is 0 Å². The van der Waals surface area contributed by atoms with Gasteiger partial charge in [-0.05, 0) is 38.5 Å². The Hall–Kier alpha value is -1.34. The molecule has 136 valence electrons. The van der Waals surface area contributed by atoms with Crippen molar-refractivity contribution in [2.24, 2.45) is 5.73 Å². The second kappa shape index (κ2) is 7.70. The number of rotatable bonds is 4. The molecule has 4 amide bonds. The Balaban J connectivity index is 0.00000208. The van der Waals surface area contributed by atoms with Crippen molar-refractivity contribution in [2.75, 3.05) is 6.54 Å². The van der Waals surface area contributed by atoms with Gasteiger partial charge in [0.25, 0.3) is 5.91 Å². The van der Waals surface area contributed by atoms with Crippen LogP contribution < -0.4 is 16.4 Å².